The Balaban J connectivity index is 0.00000541. The van der Waals surface area contributed by atoms with Crippen molar-refractivity contribution in [3.8, 4) is 0 Å². The number of nitro benzene ring substituents is 1. The van der Waals surface area contributed by atoms with Gasteiger partial charge in [0.25, 0.3) is 5.69 Å². The maximum atomic E-state index is 13.3. The maximum Gasteiger partial charge on any atom is 0.342 e. The van der Waals surface area contributed by atoms with Crippen LogP contribution < -0.4 is 5.73 Å². The second-order valence-electron chi connectivity index (χ2n) is 14.6. The van der Waals surface area contributed by atoms with Gasteiger partial charge in [-0.3, -0.25) is 15.1 Å². The molecule has 0 bridgehead atoms. The number of carbonyl (C=O) groups is 1. The highest BCUT2D eigenvalue weighted by Crippen LogP contribution is 2.42. The number of nitrogens with two attached hydrogens (primary N) is 1. The number of nitro groups is 1. The van der Waals surface area contributed by atoms with Gasteiger partial charge in [-0.25, -0.2) is 4.79 Å². The first-order valence-electron chi connectivity index (χ1n) is 18.9. The lowest BCUT2D eigenvalue weighted by Gasteiger charge is -2.43. The molecule has 2 fully saturated rings. The summed E-state index contributed by atoms with van der Waals surface area (Å²) in [5.41, 5.74) is 11.4. The van der Waals surface area contributed by atoms with Crippen molar-refractivity contribution in [2.75, 3.05) is 19.6 Å². The van der Waals surface area contributed by atoms with Crippen molar-refractivity contribution < 1.29 is 19.2 Å². The van der Waals surface area contributed by atoms with Gasteiger partial charge in [-0.1, -0.05) is 99.5 Å². The fourth-order valence-electron chi connectivity index (χ4n) is 8.36. The lowest BCUT2D eigenvalue weighted by molar-refractivity contribution is -0.385. The minimum Gasteiger partial charge on any atom is -0.430 e. The summed E-state index contributed by atoms with van der Waals surface area (Å²) < 4.78 is 12.5. The van der Waals surface area contributed by atoms with E-state index in [2.05, 4.69) is 77.5 Å². The van der Waals surface area contributed by atoms with E-state index in [9.17, 15) is 14.9 Å². The van der Waals surface area contributed by atoms with Crippen molar-refractivity contribution in [2.45, 2.75) is 95.0 Å². The van der Waals surface area contributed by atoms with Crippen LogP contribution in [0, 0.1) is 16.0 Å². The number of likely N-dealkylation sites (tertiary alicyclic amines) is 1. The van der Waals surface area contributed by atoms with Crippen LogP contribution in [0.2, 0.25) is 0 Å². The number of aromatic nitrogens is 1. The molecule has 5 atom stereocenters. The average Bonchev–Trinajstić information content (AvgIpc) is 3.19. The van der Waals surface area contributed by atoms with Gasteiger partial charge in [0.1, 0.15) is 0 Å². The third-order valence-corrected chi connectivity index (χ3v) is 11.3. The van der Waals surface area contributed by atoms with E-state index in [-0.39, 0.29) is 46.4 Å². The summed E-state index contributed by atoms with van der Waals surface area (Å²) in [5, 5.41) is 11.6. The molecule has 2 N–H and O–H groups in total. The Kier molecular flexibility index (Phi) is 14.2. The predicted octanol–water partition coefficient (Wildman–Crippen LogP) is 8.64. The molecular formula is C43H53ClN4O5. The Hall–Kier alpha value is -4.15. The number of nitrogens with zero attached hydrogens (tertiary/aromatic N) is 3. The molecule has 0 saturated carbocycles. The summed E-state index contributed by atoms with van der Waals surface area (Å²) in [4.78, 5) is 31.5. The molecule has 1 aromatic heterocycles. The van der Waals surface area contributed by atoms with Gasteiger partial charge in [0.2, 0.25) is 6.29 Å². The van der Waals surface area contributed by atoms with E-state index in [1.807, 2.05) is 13.0 Å². The summed E-state index contributed by atoms with van der Waals surface area (Å²) in [6, 6.07) is 31.5. The molecule has 0 radical (unpaired) electrons. The minimum absolute atomic E-state index is 0. The smallest absolute Gasteiger partial charge is 0.342 e. The molecule has 0 amide bonds. The van der Waals surface area contributed by atoms with E-state index in [4.69, 9.17) is 15.2 Å². The zero-order valence-corrected chi connectivity index (χ0v) is 31.7. The van der Waals surface area contributed by atoms with Gasteiger partial charge in [-0.05, 0) is 92.9 Å². The van der Waals surface area contributed by atoms with Crippen LogP contribution in [0.25, 0.3) is 0 Å². The van der Waals surface area contributed by atoms with Gasteiger partial charge in [0.15, 0.2) is 0 Å². The van der Waals surface area contributed by atoms with Crippen LogP contribution in [0.15, 0.2) is 103 Å². The van der Waals surface area contributed by atoms with Gasteiger partial charge in [-0.2, -0.15) is 0 Å². The van der Waals surface area contributed by atoms with Crippen molar-refractivity contribution in [1.82, 2.24) is 9.88 Å². The van der Waals surface area contributed by atoms with Crippen LogP contribution in [0.3, 0.4) is 0 Å². The van der Waals surface area contributed by atoms with Gasteiger partial charge >= 0.3 is 5.97 Å². The maximum absolute atomic E-state index is 13.3. The summed E-state index contributed by atoms with van der Waals surface area (Å²) >= 11 is 0. The van der Waals surface area contributed by atoms with Gasteiger partial charge in [0.05, 0.1) is 28.3 Å². The Morgan fingerprint density at radius 2 is 1.66 bits per heavy atom. The van der Waals surface area contributed by atoms with E-state index in [1.165, 1.54) is 17.2 Å². The molecule has 2 saturated heterocycles. The van der Waals surface area contributed by atoms with Gasteiger partial charge < -0.3 is 20.1 Å². The predicted molar refractivity (Wildman–Crippen MR) is 210 cm³/mol. The second-order valence-corrected chi connectivity index (χ2v) is 14.6. The van der Waals surface area contributed by atoms with Crippen LogP contribution >= 0.6 is 12.4 Å². The number of hydrogen-bond donors (Lipinski definition) is 1. The number of rotatable bonds is 14. The van der Waals surface area contributed by atoms with E-state index in [0.717, 1.165) is 63.7 Å². The standard InChI is InChI=1S/C43H52N4O5.ClH/c1-3-39-36(22-14-25-45-39)41(48)52-42-38(44)30-37(32-16-13-21-35(29-32)47(49)50)40(51-42)31(2)15-7-6-12-26-46-27-23-43(24-28-46,33-17-8-4-9-18-33)34-19-10-5-11-20-34;/h4-5,8-11,13-14,16-22,25,29,31,37-38,40,42H,3,6-7,12,15,23-24,26-28,30,44H2,1-2H3;1H. The molecule has 3 aromatic carbocycles. The molecule has 2 aliphatic heterocycles. The van der Waals surface area contributed by atoms with Crippen molar-refractivity contribution in [2.24, 2.45) is 11.7 Å². The van der Waals surface area contributed by atoms with Crippen molar-refractivity contribution in [3.63, 3.8) is 0 Å². The average molecular weight is 741 g/mol. The lowest BCUT2D eigenvalue weighted by atomic mass is 9.68. The summed E-state index contributed by atoms with van der Waals surface area (Å²) in [5.74, 6) is -0.574. The molecule has 53 heavy (non-hydrogen) atoms. The first-order chi connectivity index (χ1) is 25.3. The molecule has 9 nitrogen and oxygen atoms in total. The number of ether oxygens (including phenoxy) is 2. The molecule has 282 valence electrons. The van der Waals surface area contributed by atoms with Crippen molar-refractivity contribution >= 4 is 24.1 Å². The van der Waals surface area contributed by atoms with E-state index >= 15 is 0 Å². The number of pyridine rings is 1. The lowest BCUT2D eigenvalue weighted by Crippen LogP contribution is -2.51. The fraction of sp³-hybridized carbons (Fsp3) is 0.442. The molecule has 5 unspecified atom stereocenters. The third kappa shape index (κ3) is 9.51. The Bertz CT molecular complexity index is 1730. The van der Waals surface area contributed by atoms with E-state index in [1.54, 1.807) is 30.5 Å². The van der Waals surface area contributed by atoms with Crippen LogP contribution in [0.5, 0.6) is 0 Å². The zero-order valence-electron chi connectivity index (χ0n) is 30.8. The number of halogens is 1. The molecule has 10 heteroatoms. The number of carbonyl (C=O) groups excluding carboxylic acids is 1. The first kappa shape index (κ1) is 40.0. The number of piperidine rings is 1. The number of non-ortho nitro benzene ring substituents is 1. The quantitative estimate of drug-likeness (QED) is 0.0591. The van der Waals surface area contributed by atoms with E-state index < -0.39 is 18.3 Å². The highest BCUT2D eigenvalue weighted by atomic mass is 35.5. The molecule has 6 rings (SSSR count). The van der Waals surface area contributed by atoms with Gasteiger partial charge in [-0.15, -0.1) is 12.4 Å². The molecule has 2 aliphatic rings. The third-order valence-electron chi connectivity index (χ3n) is 11.3. The molecule has 0 spiro atoms. The highest BCUT2D eigenvalue weighted by molar-refractivity contribution is 5.90. The normalized spacial score (nSPS) is 21.9. The number of esters is 1. The van der Waals surface area contributed by atoms with Gasteiger partial charge in [0, 0.05) is 29.7 Å². The SMILES string of the molecule is CCc1ncccc1C(=O)OC1OC(C(C)CCCCCN2CCC(c3ccccc3)(c3ccccc3)CC2)C(c2cccc([N+](=O)[O-])c2)CC1N.Cl. The topological polar surface area (TPSA) is 121 Å². The molecule has 3 heterocycles. The second kappa shape index (κ2) is 18.7. The molecule has 4 aromatic rings. The Morgan fingerprint density at radius 1 is 0.981 bits per heavy atom. The largest absolute Gasteiger partial charge is 0.430 e. The number of aryl methyl sites for hydroxylation is 1. The molecular weight excluding hydrogens is 688 g/mol. The van der Waals surface area contributed by atoms with Crippen LogP contribution in [-0.4, -0.2) is 58.8 Å². The summed E-state index contributed by atoms with van der Waals surface area (Å²) in [6.07, 6.45) is 7.83. The van der Waals surface area contributed by atoms with E-state index in [0.29, 0.717) is 24.1 Å². The minimum atomic E-state index is -0.933. The van der Waals surface area contributed by atoms with Crippen LogP contribution in [0.4, 0.5) is 5.69 Å². The van der Waals surface area contributed by atoms with Crippen LogP contribution in [0.1, 0.15) is 97.5 Å². The number of benzene rings is 3. The Labute approximate surface area is 319 Å². The van der Waals surface area contributed by atoms with Crippen molar-refractivity contribution in [1.29, 1.82) is 0 Å². The number of unbranched alkanes of at least 4 members (excludes halogenated alkanes) is 2. The Morgan fingerprint density at radius 3 is 2.30 bits per heavy atom. The molecule has 0 aliphatic carbocycles. The fourth-order valence-corrected chi connectivity index (χ4v) is 8.36. The van der Waals surface area contributed by atoms with Crippen molar-refractivity contribution in [3.05, 3.63) is 141 Å². The first-order valence-corrected chi connectivity index (χ1v) is 18.9. The highest BCUT2D eigenvalue weighted by Gasteiger charge is 2.42. The summed E-state index contributed by atoms with van der Waals surface area (Å²) in [6.45, 7) is 7.32. The summed E-state index contributed by atoms with van der Waals surface area (Å²) in [7, 11) is 0. The number of hydrogen-bond acceptors (Lipinski definition) is 8. The zero-order chi connectivity index (χ0) is 36.5. The van der Waals surface area contributed by atoms with Crippen LogP contribution in [-0.2, 0) is 21.3 Å². The monoisotopic (exact) mass is 740 g/mol.